The molecule has 2 aromatic carbocycles. The molecule has 0 unspecified atom stereocenters. The van der Waals surface area contributed by atoms with Crippen molar-refractivity contribution in [3.63, 3.8) is 0 Å². The average molecular weight is 577 g/mol. The van der Waals surface area contributed by atoms with Crippen molar-refractivity contribution in [1.82, 2.24) is 20.4 Å². The molecule has 2 aliphatic rings. The van der Waals surface area contributed by atoms with Crippen molar-refractivity contribution < 1.29 is 14.3 Å². The Bertz CT molecular complexity index is 1260. The van der Waals surface area contributed by atoms with Crippen LogP contribution in [0.2, 0.25) is 0 Å². The van der Waals surface area contributed by atoms with Gasteiger partial charge in [-0.15, -0.1) is 10.2 Å². The Hall–Kier alpha value is -3.34. The highest BCUT2D eigenvalue weighted by molar-refractivity contribution is 7.19. The van der Waals surface area contributed by atoms with Crippen LogP contribution in [0, 0.1) is 5.92 Å². The van der Waals surface area contributed by atoms with E-state index in [4.69, 9.17) is 4.74 Å². The number of ether oxygens (including phenoxy) is 1. The van der Waals surface area contributed by atoms with Crippen molar-refractivity contribution in [2.45, 2.75) is 45.1 Å². The van der Waals surface area contributed by atoms with Gasteiger partial charge in [-0.1, -0.05) is 53.8 Å². The van der Waals surface area contributed by atoms with Crippen molar-refractivity contribution in [1.29, 1.82) is 0 Å². The first kappa shape index (κ1) is 29.2. The highest BCUT2D eigenvalue weighted by atomic mass is 32.1. The Kier molecular flexibility index (Phi) is 10.7. The summed E-state index contributed by atoms with van der Waals surface area (Å²) in [5.41, 5.74) is 2.69. The molecule has 2 N–H and O–H groups in total. The van der Waals surface area contributed by atoms with Crippen molar-refractivity contribution in [2.24, 2.45) is 5.92 Å². The summed E-state index contributed by atoms with van der Waals surface area (Å²) in [5, 5.41) is 15.8. The zero-order chi connectivity index (χ0) is 28.3. The van der Waals surface area contributed by atoms with E-state index in [0.29, 0.717) is 42.8 Å². The number of aromatic nitrogens is 2. The minimum atomic E-state index is -0.0829. The van der Waals surface area contributed by atoms with Gasteiger partial charge in [0.15, 0.2) is 0 Å². The van der Waals surface area contributed by atoms with Crippen LogP contribution in [0.1, 0.15) is 53.6 Å². The van der Waals surface area contributed by atoms with Crippen LogP contribution >= 0.6 is 11.3 Å². The molecule has 0 atom stereocenters. The summed E-state index contributed by atoms with van der Waals surface area (Å²) in [6, 6.07) is 17.4. The van der Waals surface area contributed by atoms with Gasteiger partial charge in [0.2, 0.25) is 16.2 Å². The van der Waals surface area contributed by atoms with E-state index >= 15 is 0 Å². The zero-order valence-corrected chi connectivity index (χ0v) is 24.4. The number of hydrogen-bond acceptors (Lipinski definition) is 8. The summed E-state index contributed by atoms with van der Waals surface area (Å²) >= 11 is 1.43. The molecule has 2 saturated heterocycles. The Balaban J connectivity index is 0.968. The zero-order valence-electron chi connectivity index (χ0n) is 23.6. The normalized spacial score (nSPS) is 16.1. The van der Waals surface area contributed by atoms with E-state index in [1.165, 1.54) is 24.2 Å². The van der Waals surface area contributed by atoms with Gasteiger partial charge in [-0.3, -0.25) is 9.59 Å². The van der Waals surface area contributed by atoms with Crippen LogP contribution in [0.5, 0.6) is 0 Å². The topological polar surface area (TPSA) is 99.7 Å². The fraction of sp³-hybridized carbons (Fsp3) is 0.484. The Morgan fingerprint density at radius 1 is 0.951 bits per heavy atom. The first-order valence-electron chi connectivity index (χ1n) is 14.7. The predicted octanol–water partition coefficient (Wildman–Crippen LogP) is 4.37. The number of hydrogen-bond donors (Lipinski definition) is 2. The van der Waals surface area contributed by atoms with Gasteiger partial charge in [0.1, 0.15) is 0 Å². The lowest BCUT2D eigenvalue weighted by atomic mass is 9.94. The molecule has 5 rings (SSSR count). The second-order valence-corrected chi connectivity index (χ2v) is 11.8. The third-order valence-corrected chi connectivity index (χ3v) is 8.69. The van der Waals surface area contributed by atoms with Gasteiger partial charge in [0.25, 0.3) is 5.91 Å². The van der Waals surface area contributed by atoms with Crippen LogP contribution in [0.3, 0.4) is 0 Å². The molecule has 41 heavy (non-hydrogen) atoms. The molecule has 2 amide bonds. The van der Waals surface area contributed by atoms with E-state index in [1.807, 2.05) is 54.6 Å². The van der Waals surface area contributed by atoms with Gasteiger partial charge in [0.05, 0.1) is 13.0 Å². The maximum Gasteiger partial charge on any atom is 0.251 e. The Morgan fingerprint density at radius 2 is 1.73 bits per heavy atom. The summed E-state index contributed by atoms with van der Waals surface area (Å²) in [7, 11) is 0. The summed E-state index contributed by atoms with van der Waals surface area (Å²) in [4.78, 5) is 29.5. The molecule has 2 fully saturated rings. The Labute approximate surface area is 246 Å². The van der Waals surface area contributed by atoms with Crippen LogP contribution < -0.4 is 15.5 Å². The van der Waals surface area contributed by atoms with E-state index < -0.39 is 0 Å². The minimum Gasteiger partial charge on any atom is -0.377 e. The molecular formula is C31H40N6O3S. The lowest BCUT2D eigenvalue weighted by Gasteiger charge is -2.31. The average Bonchev–Trinajstić information content (AvgIpc) is 3.69. The molecule has 0 spiro atoms. The van der Waals surface area contributed by atoms with Crippen LogP contribution in [0.15, 0.2) is 54.6 Å². The summed E-state index contributed by atoms with van der Waals surface area (Å²) in [5.74, 6) is 0.507. The van der Waals surface area contributed by atoms with Crippen molar-refractivity contribution in [3.8, 4) is 0 Å². The monoisotopic (exact) mass is 576 g/mol. The van der Waals surface area contributed by atoms with E-state index in [2.05, 4.69) is 30.6 Å². The third kappa shape index (κ3) is 9.08. The van der Waals surface area contributed by atoms with Crippen molar-refractivity contribution in [2.75, 3.05) is 56.1 Å². The fourth-order valence-electron chi connectivity index (χ4n) is 5.43. The first-order chi connectivity index (χ1) is 20.1. The minimum absolute atomic E-state index is 0.0186. The Morgan fingerprint density at radius 3 is 2.54 bits per heavy atom. The van der Waals surface area contributed by atoms with Gasteiger partial charge in [0, 0.05) is 38.3 Å². The number of carbonyl (C=O) groups is 2. The SMILES string of the molecule is O=C(Cc1ccccc1)Nc1nnc(N2CCC(CCOCc3cccc(C(=O)NCCN4CCCC4)c3)CC2)s1. The molecule has 0 radical (unpaired) electrons. The smallest absolute Gasteiger partial charge is 0.251 e. The number of carbonyl (C=O) groups excluding carboxylic acids is 2. The van der Waals surface area contributed by atoms with E-state index in [9.17, 15) is 9.59 Å². The molecule has 3 heterocycles. The number of amides is 2. The number of rotatable bonds is 13. The molecule has 9 nitrogen and oxygen atoms in total. The second-order valence-electron chi connectivity index (χ2n) is 10.9. The maximum atomic E-state index is 12.6. The number of likely N-dealkylation sites (tertiary alicyclic amines) is 1. The molecule has 0 bridgehead atoms. The molecule has 10 heteroatoms. The van der Waals surface area contributed by atoms with Crippen molar-refractivity contribution >= 4 is 33.4 Å². The maximum absolute atomic E-state index is 12.6. The number of benzene rings is 2. The fourth-order valence-corrected chi connectivity index (χ4v) is 6.24. The van der Waals surface area contributed by atoms with Gasteiger partial charge in [-0.05, 0) is 74.4 Å². The van der Waals surface area contributed by atoms with E-state index in [0.717, 1.165) is 68.2 Å². The highest BCUT2D eigenvalue weighted by Crippen LogP contribution is 2.29. The largest absolute Gasteiger partial charge is 0.377 e. The number of nitrogens with zero attached hydrogens (tertiary/aromatic N) is 4. The number of piperidine rings is 1. The molecular weight excluding hydrogens is 536 g/mol. The molecule has 2 aliphatic heterocycles. The lowest BCUT2D eigenvalue weighted by molar-refractivity contribution is -0.115. The summed E-state index contributed by atoms with van der Waals surface area (Å²) < 4.78 is 5.99. The molecule has 0 saturated carbocycles. The molecule has 0 aliphatic carbocycles. The molecule has 218 valence electrons. The van der Waals surface area contributed by atoms with Crippen LogP contribution in [-0.4, -0.2) is 72.8 Å². The van der Waals surface area contributed by atoms with Crippen LogP contribution in [-0.2, 0) is 22.6 Å². The van der Waals surface area contributed by atoms with Gasteiger partial charge in [-0.2, -0.15) is 0 Å². The highest BCUT2D eigenvalue weighted by Gasteiger charge is 2.22. The van der Waals surface area contributed by atoms with E-state index in [1.54, 1.807) is 0 Å². The van der Waals surface area contributed by atoms with Crippen molar-refractivity contribution in [3.05, 3.63) is 71.3 Å². The number of nitrogens with one attached hydrogen (secondary N) is 2. The summed E-state index contributed by atoms with van der Waals surface area (Å²) in [6.07, 6.45) is 6.01. The van der Waals surface area contributed by atoms with Gasteiger partial charge < -0.3 is 25.2 Å². The quantitative estimate of drug-likeness (QED) is 0.292. The summed E-state index contributed by atoms with van der Waals surface area (Å²) in [6.45, 7) is 6.95. The van der Waals surface area contributed by atoms with Gasteiger partial charge >= 0.3 is 0 Å². The predicted molar refractivity (Wildman–Crippen MR) is 162 cm³/mol. The van der Waals surface area contributed by atoms with E-state index in [-0.39, 0.29) is 11.8 Å². The lowest BCUT2D eigenvalue weighted by Crippen LogP contribution is -2.34. The molecule has 1 aromatic heterocycles. The van der Waals surface area contributed by atoms with Crippen LogP contribution in [0.25, 0.3) is 0 Å². The third-order valence-electron chi connectivity index (χ3n) is 7.79. The standard InChI is InChI=1S/C31H40N6O3S/c38-28(22-25-7-2-1-3-8-25)33-30-34-35-31(41-30)37-17-11-24(12-18-37)13-20-40-23-26-9-6-10-27(21-26)29(39)32-14-19-36-15-4-5-16-36/h1-3,6-10,21,24H,4-5,11-20,22-23H2,(H,32,39)(H,33,34,38). The van der Waals surface area contributed by atoms with Gasteiger partial charge in [-0.25, -0.2) is 0 Å². The van der Waals surface area contributed by atoms with Crippen LogP contribution in [0.4, 0.5) is 10.3 Å². The first-order valence-corrected chi connectivity index (χ1v) is 15.5. The molecule has 3 aromatic rings. The number of anilines is 2. The second kappa shape index (κ2) is 15.0.